The van der Waals surface area contributed by atoms with Crippen LogP contribution >= 0.6 is 0 Å². The zero-order valence-electron chi connectivity index (χ0n) is 11.5. The van der Waals surface area contributed by atoms with Crippen LogP contribution in [-0.2, 0) is 25.7 Å². The highest BCUT2D eigenvalue weighted by atomic mass is 19.1. The van der Waals surface area contributed by atoms with Gasteiger partial charge >= 0.3 is 0 Å². The molecule has 0 spiro atoms. The van der Waals surface area contributed by atoms with Gasteiger partial charge in [0.2, 0.25) is 0 Å². The Morgan fingerprint density at radius 3 is 1.15 bits per heavy atom. The van der Waals surface area contributed by atoms with Crippen LogP contribution in [0, 0.1) is 11.6 Å². The van der Waals surface area contributed by atoms with E-state index in [4.69, 9.17) is 0 Å². The Labute approximate surface area is 118 Å². The summed E-state index contributed by atoms with van der Waals surface area (Å²) in [6.45, 7) is 0. The molecule has 1 aliphatic rings. The van der Waals surface area contributed by atoms with E-state index in [1.54, 1.807) is 0 Å². The molecule has 0 heterocycles. The molecule has 0 aromatic heterocycles. The lowest BCUT2D eigenvalue weighted by atomic mass is 9.95. The van der Waals surface area contributed by atoms with Crippen molar-refractivity contribution in [1.82, 2.24) is 0 Å². The molecule has 0 radical (unpaired) electrons. The minimum atomic E-state index is -0.0581. The molecular formula is C18H18F2. The van der Waals surface area contributed by atoms with Gasteiger partial charge in [-0.15, -0.1) is 0 Å². The summed E-state index contributed by atoms with van der Waals surface area (Å²) in [5, 5.41) is 0. The predicted octanol–water partition coefficient (Wildman–Crippen LogP) is 4.63. The van der Waals surface area contributed by atoms with Crippen molar-refractivity contribution in [3.8, 4) is 0 Å². The molecule has 0 aliphatic heterocycles. The number of fused-ring (bicyclic) bond motifs is 4. The van der Waals surface area contributed by atoms with Crippen molar-refractivity contribution in [3.05, 3.63) is 70.3 Å². The van der Waals surface area contributed by atoms with E-state index >= 15 is 0 Å². The van der Waals surface area contributed by atoms with Gasteiger partial charge in [-0.25, -0.2) is 8.78 Å². The SMILES string of the molecule is Fc1c2cccc1CCCc1cccc(c1F)CCC2. The number of rotatable bonds is 0. The van der Waals surface area contributed by atoms with Crippen LogP contribution in [0.1, 0.15) is 35.1 Å². The molecule has 0 saturated carbocycles. The average molecular weight is 272 g/mol. The summed E-state index contributed by atoms with van der Waals surface area (Å²) in [5.74, 6) is -0.116. The van der Waals surface area contributed by atoms with Gasteiger partial charge in [0.1, 0.15) is 11.6 Å². The lowest BCUT2D eigenvalue weighted by Gasteiger charge is -2.12. The van der Waals surface area contributed by atoms with Gasteiger partial charge in [0.05, 0.1) is 0 Å². The molecule has 2 heteroatoms. The summed E-state index contributed by atoms with van der Waals surface area (Å²) in [6.07, 6.45) is 4.24. The maximum Gasteiger partial charge on any atom is 0.129 e. The highest BCUT2D eigenvalue weighted by Crippen LogP contribution is 2.22. The van der Waals surface area contributed by atoms with E-state index in [9.17, 15) is 8.78 Å². The Balaban J connectivity index is 1.93. The number of aryl methyl sites for hydroxylation is 4. The van der Waals surface area contributed by atoms with E-state index < -0.39 is 0 Å². The van der Waals surface area contributed by atoms with Crippen LogP contribution in [0.15, 0.2) is 36.4 Å². The van der Waals surface area contributed by atoms with Crippen molar-refractivity contribution < 1.29 is 8.78 Å². The van der Waals surface area contributed by atoms with E-state index in [1.165, 1.54) is 0 Å². The molecule has 20 heavy (non-hydrogen) atoms. The quantitative estimate of drug-likeness (QED) is 0.656. The zero-order chi connectivity index (χ0) is 13.9. The summed E-state index contributed by atoms with van der Waals surface area (Å²) >= 11 is 0. The third-order valence-electron chi connectivity index (χ3n) is 4.10. The molecule has 0 amide bonds. The molecule has 1 aliphatic carbocycles. The normalized spacial score (nSPS) is 15.3. The standard InChI is InChI=1S/C18H18F2/c19-17-13-5-1-6-14(17)10-4-12-16-8-2-7-15(18(16)20)11-3-9-13/h1-2,5-8H,3-4,9-12H2. The van der Waals surface area contributed by atoms with Gasteiger partial charge in [-0.05, 0) is 60.8 Å². The first-order chi connectivity index (χ1) is 9.75. The average Bonchev–Trinajstić information content (AvgIpc) is 2.45. The topological polar surface area (TPSA) is 0 Å². The van der Waals surface area contributed by atoms with E-state index in [1.807, 2.05) is 36.4 Å². The monoisotopic (exact) mass is 272 g/mol. The number of hydrogen-bond acceptors (Lipinski definition) is 0. The van der Waals surface area contributed by atoms with E-state index in [2.05, 4.69) is 0 Å². The van der Waals surface area contributed by atoms with E-state index in [-0.39, 0.29) is 11.6 Å². The summed E-state index contributed by atoms with van der Waals surface area (Å²) < 4.78 is 28.6. The first kappa shape index (κ1) is 13.3. The van der Waals surface area contributed by atoms with Crippen LogP contribution in [0.4, 0.5) is 8.78 Å². The van der Waals surface area contributed by atoms with Crippen LogP contribution in [0.25, 0.3) is 0 Å². The first-order valence-corrected chi connectivity index (χ1v) is 7.28. The van der Waals surface area contributed by atoms with Gasteiger partial charge in [-0.2, -0.15) is 0 Å². The number of benzene rings is 2. The van der Waals surface area contributed by atoms with Crippen LogP contribution in [-0.4, -0.2) is 0 Å². The lowest BCUT2D eigenvalue weighted by Crippen LogP contribution is -2.04. The smallest absolute Gasteiger partial charge is 0.129 e. The second-order valence-electron chi connectivity index (χ2n) is 5.49. The van der Waals surface area contributed by atoms with Crippen molar-refractivity contribution in [2.45, 2.75) is 38.5 Å². The summed E-state index contributed by atoms with van der Waals surface area (Å²) in [4.78, 5) is 0. The molecule has 0 fully saturated rings. The van der Waals surface area contributed by atoms with E-state index in [0.29, 0.717) is 25.7 Å². The largest absolute Gasteiger partial charge is 0.206 e. The molecule has 0 atom stereocenters. The highest BCUT2D eigenvalue weighted by Gasteiger charge is 2.12. The second-order valence-corrected chi connectivity index (χ2v) is 5.49. The van der Waals surface area contributed by atoms with Crippen molar-refractivity contribution in [3.63, 3.8) is 0 Å². The van der Waals surface area contributed by atoms with Gasteiger partial charge in [0.15, 0.2) is 0 Å². The molecule has 0 N–H and O–H groups in total. The van der Waals surface area contributed by atoms with E-state index in [0.717, 1.165) is 35.1 Å². The maximum atomic E-state index is 14.3. The fourth-order valence-electron chi connectivity index (χ4n) is 2.98. The molecule has 2 aromatic carbocycles. The molecule has 104 valence electrons. The van der Waals surface area contributed by atoms with Crippen molar-refractivity contribution in [2.24, 2.45) is 0 Å². The van der Waals surface area contributed by atoms with Gasteiger partial charge in [0.25, 0.3) is 0 Å². The maximum absolute atomic E-state index is 14.3. The van der Waals surface area contributed by atoms with Crippen molar-refractivity contribution in [1.29, 1.82) is 0 Å². The molecule has 4 bridgehead atoms. The van der Waals surface area contributed by atoms with Crippen LogP contribution in [0.5, 0.6) is 0 Å². The van der Waals surface area contributed by atoms with Gasteiger partial charge in [0, 0.05) is 0 Å². The van der Waals surface area contributed by atoms with Crippen LogP contribution in [0.3, 0.4) is 0 Å². The minimum absolute atomic E-state index is 0.0581. The highest BCUT2D eigenvalue weighted by molar-refractivity contribution is 5.29. The Morgan fingerprint density at radius 1 is 0.550 bits per heavy atom. The van der Waals surface area contributed by atoms with Gasteiger partial charge in [-0.1, -0.05) is 36.4 Å². The molecular weight excluding hydrogens is 254 g/mol. The molecule has 0 saturated heterocycles. The zero-order valence-corrected chi connectivity index (χ0v) is 11.5. The Bertz CT molecular complexity index is 517. The van der Waals surface area contributed by atoms with Crippen LogP contribution in [0.2, 0.25) is 0 Å². The fourth-order valence-corrected chi connectivity index (χ4v) is 2.98. The minimum Gasteiger partial charge on any atom is -0.206 e. The summed E-state index contributed by atoms with van der Waals surface area (Å²) in [6, 6.07) is 11.2. The van der Waals surface area contributed by atoms with Gasteiger partial charge in [-0.3, -0.25) is 0 Å². The molecule has 0 unspecified atom stereocenters. The Hall–Kier alpha value is -1.70. The number of halogens is 2. The fraction of sp³-hybridized carbons (Fsp3) is 0.333. The third kappa shape index (κ3) is 2.60. The Morgan fingerprint density at radius 2 is 0.850 bits per heavy atom. The third-order valence-corrected chi connectivity index (χ3v) is 4.10. The van der Waals surface area contributed by atoms with Gasteiger partial charge < -0.3 is 0 Å². The number of hydrogen-bond donors (Lipinski definition) is 0. The predicted molar refractivity (Wildman–Crippen MR) is 76.9 cm³/mol. The first-order valence-electron chi connectivity index (χ1n) is 7.28. The van der Waals surface area contributed by atoms with Crippen molar-refractivity contribution >= 4 is 0 Å². The second kappa shape index (κ2) is 5.74. The molecule has 0 nitrogen and oxygen atoms in total. The lowest BCUT2D eigenvalue weighted by molar-refractivity contribution is 0.563. The Kier molecular flexibility index (Phi) is 3.81. The summed E-state index contributed by atoms with van der Waals surface area (Å²) in [7, 11) is 0. The molecule has 2 aromatic rings. The van der Waals surface area contributed by atoms with Crippen molar-refractivity contribution in [2.75, 3.05) is 0 Å². The van der Waals surface area contributed by atoms with Crippen LogP contribution < -0.4 is 0 Å². The summed E-state index contributed by atoms with van der Waals surface area (Å²) in [5.41, 5.74) is 3.05. The molecule has 3 rings (SSSR count).